The van der Waals surface area contributed by atoms with Crippen LogP contribution in [0.25, 0.3) is 0 Å². The molecule has 128 valence electrons. The summed E-state index contributed by atoms with van der Waals surface area (Å²) in [5.74, 6) is -0.393. The first-order valence-electron chi connectivity index (χ1n) is 8.23. The number of amides is 2. The molecule has 0 bridgehead atoms. The molecule has 24 heavy (non-hydrogen) atoms. The van der Waals surface area contributed by atoms with E-state index >= 15 is 0 Å². The Labute approximate surface area is 141 Å². The van der Waals surface area contributed by atoms with Gasteiger partial charge in [-0.15, -0.1) is 0 Å². The van der Waals surface area contributed by atoms with Crippen LogP contribution in [0.3, 0.4) is 0 Å². The number of esters is 1. The Morgan fingerprint density at radius 3 is 2.79 bits per heavy atom. The Morgan fingerprint density at radius 1 is 1.33 bits per heavy atom. The average Bonchev–Trinajstić information content (AvgIpc) is 2.98. The number of aliphatic hydroxyl groups excluding tert-OH is 1. The number of carbonyl (C=O) groups is 2. The summed E-state index contributed by atoms with van der Waals surface area (Å²) in [5.41, 5.74) is 2.00. The minimum Gasteiger partial charge on any atom is -0.457 e. The van der Waals surface area contributed by atoms with Gasteiger partial charge in [0.25, 0.3) is 0 Å². The number of carbonyl (C=O) groups excluding carboxylic acids is 2. The number of urea groups is 1. The minimum atomic E-state index is -0.393. The first kappa shape index (κ1) is 16.5. The van der Waals surface area contributed by atoms with Gasteiger partial charge in [-0.25, -0.2) is 9.59 Å². The van der Waals surface area contributed by atoms with E-state index in [1.165, 1.54) is 0 Å². The first-order chi connectivity index (χ1) is 11.6. The SMILES string of the molecule is CC1=C(C(=O)OCc2ccccc2)C2CCC(CCO)N2C(=O)N1. The summed E-state index contributed by atoms with van der Waals surface area (Å²) in [5, 5.41) is 11.9. The van der Waals surface area contributed by atoms with Crippen molar-refractivity contribution in [1.29, 1.82) is 0 Å². The van der Waals surface area contributed by atoms with Crippen molar-refractivity contribution >= 4 is 12.0 Å². The van der Waals surface area contributed by atoms with E-state index < -0.39 is 5.97 Å². The number of aliphatic hydroxyl groups is 1. The summed E-state index contributed by atoms with van der Waals surface area (Å²) in [4.78, 5) is 26.5. The van der Waals surface area contributed by atoms with E-state index in [-0.39, 0.29) is 31.3 Å². The van der Waals surface area contributed by atoms with Crippen molar-refractivity contribution < 1.29 is 19.4 Å². The fraction of sp³-hybridized carbons (Fsp3) is 0.444. The van der Waals surface area contributed by atoms with Gasteiger partial charge in [0, 0.05) is 18.3 Å². The lowest BCUT2D eigenvalue weighted by molar-refractivity contribution is -0.141. The molecular formula is C18H22N2O4. The molecule has 2 aliphatic rings. The Morgan fingerprint density at radius 2 is 2.08 bits per heavy atom. The molecule has 2 amide bonds. The lowest BCUT2D eigenvalue weighted by atomic mass is 10.0. The third kappa shape index (κ3) is 3.14. The van der Waals surface area contributed by atoms with E-state index in [4.69, 9.17) is 4.74 Å². The molecular weight excluding hydrogens is 308 g/mol. The smallest absolute Gasteiger partial charge is 0.338 e. The Balaban J connectivity index is 1.75. The van der Waals surface area contributed by atoms with Gasteiger partial charge in [0.1, 0.15) is 6.61 Å². The molecule has 0 spiro atoms. The van der Waals surface area contributed by atoms with Crippen molar-refractivity contribution in [1.82, 2.24) is 10.2 Å². The van der Waals surface area contributed by atoms with Gasteiger partial charge in [-0.05, 0) is 31.7 Å². The molecule has 2 unspecified atom stereocenters. The number of ether oxygens (including phenoxy) is 1. The minimum absolute atomic E-state index is 0.0254. The zero-order chi connectivity index (χ0) is 17.1. The van der Waals surface area contributed by atoms with Gasteiger partial charge in [0.15, 0.2) is 0 Å². The lowest BCUT2D eigenvalue weighted by Gasteiger charge is -2.35. The zero-order valence-electron chi connectivity index (χ0n) is 13.7. The Hall–Kier alpha value is -2.34. The lowest BCUT2D eigenvalue weighted by Crippen LogP contribution is -2.52. The summed E-state index contributed by atoms with van der Waals surface area (Å²) >= 11 is 0. The summed E-state index contributed by atoms with van der Waals surface area (Å²) < 4.78 is 5.45. The highest BCUT2D eigenvalue weighted by molar-refractivity contribution is 5.95. The van der Waals surface area contributed by atoms with E-state index in [1.807, 2.05) is 30.3 Å². The number of hydrogen-bond donors (Lipinski definition) is 2. The van der Waals surface area contributed by atoms with Crippen LogP contribution in [0.4, 0.5) is 4.79 Å². The number of benzene rings is 1. The van der Waals surface area contributed by atoms with Gasteiger partial charge in [-0.3, -0.25) is 0 Å². The molecule has 1 fully saturated rings. The molecule has 1 aromatic rings. The molecule has 2 heterocycles. The second-order valence-corrected chi connectivity index (χ2v) is 6.20. The normalized spacial score (nSPS) is 23.1. The summed E-state index contributed by atoms with van der Waals surface area (Å²) in [7, 11) is 0. The van der Waals surface area contributed by atoms with Crippen LogP contribution in [0.15, 0.2) is 41.6 Å². The Bertz CT molecular complexity index is 656. The van der Waals surface area contributed by atoms with E-state index in [9.17, 15) is 14.7 Å². The number of allylic oxidation sites excluding steroid dienone is 1. The van der Waals surface area contributed by atoms with Crippen LogP contribution in [0.5, 0.6) is 0 Å². The fourth-order valence-corrected chi connectivity index (χ4v) is 3.54. The van der Waals surface area contributed by atoms with Crippen LogP contribution in [0, 0.1) is 0 Å². The summed E-state index contributed by atoms with van der Waals surface area (Å²) in [6.07, 6.45) is 2.02. The van der Waals surface area contributed by atoms with Crippen LogP contribution in [-0.2, 0) is 16.1 Å². The molecule has 0 aliphatic carbocycles. The highest BCUT2D eigenvalue weighted by Gasteiger charge is 2.44. The highest BCUT2D eigenvalue weighted by Crippen LogP contribution is 2.35. The monoisotopic (exact) mass is 330 g/mol. The topological polar surface area (TPSA) is 78.9 Å². The van der Waals surface area contributed by atoms with Crippen molar-refractivity contribution in [3.8, 4) is 0 Å². The van der Waals surface area contributed by atoms with Crippen molar-refractivity contribution in [2.75, 3.05) is 6.61 Å². The molecule has 6 heteroatoms. The molecule has 0 radical (unpaired) electrons. The predicted octanol–water partition coefficient (Wildman–Crippen LogP) is 1.94. The van der Waals surface area contributed by atoms with Gasteiger partial charge in [-0.1, -0.05) is 30.3 Å². The molecule has 1 aromatic carbocycles. The second kappa shape index (κ2) is 7.05. The average molecular weight is 330 g/mol. The Kier molecular flexibility index (Phi) is 4.85. The number of rotatable bonds is 5. The summed E-state index contributed by atoms with van der Waals surface area (Å²) in [6, 6.07) is 9.00. The second-order valence-electron chi connectivity index (χ2n) is 6.20. The van der Waals surface area contributed by atoms with Crippen molar-refractivity contribution in [3.63, 3.8) is 0 Å². The van der Waals surface area contributed by atoms with Crippen molar-refractivity contribution in [2.24, 2.45) is 0 Å². The standard InChI is InChI=1S/C18H22N2O4/c1-12-16(17(22)24-11-13-5-3-2-4-6-13)15-8-7-14(9-10-21)20(15)18(23)19-12/h2-6,14-15,21H,7-11H2,1H3,(H,19,23). The van der Waals surface area contributed by atoms with Crippen LogP contribution in [0.2, 0.25) is 0 Å². The number of hydrogen-bond acceptors (Lipinski definition) is 4. The van der Waals surface area contributed by atoms with Gasteiger partial charge < -0.3 is 20.1 Å². The van der Waals surface area contributed by atoms with Crippen LogP contribution in [0.1, 0.15) is 31.7 Å². The molecule has 0 aromatic heterocycles. The molecule has 2 aliphatic heterocycles. The van der Waals surface area contributed by atoms with E-state index in [0.29, 0.717) is 24.1 Å². The molecule has 2 N–H and O–H groups in total. The zero-order valence-corrected chi connectivity index (χ0v) is 13.7. The maximum Gasteiger partial charge on any atom is 0.338 e. The third-order valence-corrected chi connectivity index (χ3v) is 4.66. The molecule has 3 rings (SSSR count). The molecule has 2 atom stereocenters. The van der Waals surface area contributed by atoms with E-state index in [0.717, 1.165) is 12.0 Å². The number of nitrogens with one attached hydrogen (secondary N) is 1. The first-order valence-corrected chi connectivity index (χ1v) is 8.23. The molecule has 1 saturated heterocycles. The largest absolute Gasteiger partial charge is 0.457 e. The van der Waals surface area contributed by atoms with Crippen LogP contribution in [-0.4, -0.2) is 40.7 Å². The predicted molar refractivity (Wildman–Crippen MR) is 87.8 cm³/mol. The van der Waals surface area contributed by atoms with Crippen LogP contribution < -0.4 is 5.32 Å². The molecule has 0 saturated carbocycles. The van der Waals surface area contributed by atoms with E-state index in [2.05, 4.69) is 5.32 Å². The van der Waals surface area contributed by atoms with Crippen LogP contribution >= 0.6 is 0 Å². The van der Waals surface area contributed by atoms with Gasteiger partial charge in [-0.2, -0.15) is 0 Å². The number of nitrogens with zero attached hydrogens (tertiary/aromatic N) is 1. The van der Waals surface area contributed by atoms with Gasteiger partial charge >= 0.3 is 12.0 Å². The van der Waals surface area contributed by atoms with E-state index in [1.54, 1.807) is 11.8 Å². The van der Waals surface area contributed by atoms with Crippen molar-refractivity contribution in [2.45, 2.75) is 44.9 Å². The third-order valence-electron chi connectivity index (χ3n) is 4.66. The van der Waals surface area contributed by atoms with Gasteiger partial charge in [0.05, 0.1) is 11.6 Å². The quantitative estimate of drug-likeness (QED) is 0.809. The van der Waals surface area contributed by atoms with Gasteiger partial charge in [0.2, 0.25) is 0 Å². The highest BCUT2D eigenvalue weighted by atomic mass is 16.5. The number of fused-ring (bicyclic) bond motifs is 1. The molecule has 6 nitrogen and oxygen atoms in total. The van der Waals surface area contributed by atoms with Crippen molar-refractivity contribution in [3.05, 3.63) is 47.2 Å². The maximum atomic E-state index is 12.6. The maximum absolute atomic E-state index is 12.6. The summed E-state index contributed by atoms with van der Waals surface area (Å²) in [6.45, 7) is 1.96. The fourth-order valence-electron chi connectivity index (χ4n) is 3.54.